The van der Waals surface area contributed by atoms with E-state index in [0.29, 0.717) is 36.5 Å². The van der Waals surface area contributed by atoms with Crippen LogP contribution in [0.3, 0.4) is 0 Å². The topological polar surface area (TPSA) is 79.7 Å². The molecule has 28 heavy (non-hydrogen) atoms. The van der Waals surface area contributed by atoms with Crippen molar-refractivity contribution in [3.05, 3.63) is 46.5 Å². The number of carbonyl (C=O) groups excluding carboxylic acids is 2. The summed E-state index contributed by atoms with van der Waals surface area (Å²) in [7, 11) is 1.57. The van der Waals surface area contributed by atoms with E-state index in [1.807, 2.05) is 6.92 Å². The summed E-state index contributed by atoms with van der Waals surface area (Å²) < 4.78 is 15.1. The van der Waals surface area contributed by atoms with Crippen molar-refractivity contribution < 1.29 is 18.8 Å². The van der Waals surface area contributed by atoms with E-state index >= 15 is 0 Å². The third kappa shape index (κ3) is 3.11. The molecule has 148 valence electrons. The molecule has 9 heteroatoms. The highest BCUT2D eigenvalue weighted by Crippen LogP contribution is 2.28. The molecule has 2 aliphatic heterocycles. The van der Waals surface area contributed by atoms with Crippen molar-refractivity contribution in [2.45, 2.75) is 39.4 Å². The Kier molecular flexibility index (Phi) is 4.54. The van der Waals surface area contributed by atoms with E-state index in [1.54, 1.807) is 29.6 Å². The summed E-state index contributed by atoms with van der Waals surface area (Å²) in [5.74, 6) is -0.586. The number of urea groups is 1. The predicted molar refractivity (Wildman–Crippen MR) is 99.1 cm³/mol. The van der Waals surface area contributed by atoms with E-state index in [2.05, 4.69) is 10.4 Å². The Morgan fingerprint density at radius 2 is 2.18 bits per heavy atom. The molecule has 0 saturated heterocycles. The highest BCUT2D eigenvalue weighted by Gasteiger charge is 2.35. The molecule has 3 heterocycles. The van der Waals surface area contributed by atoms with Crippen LogP contribution < -0.4 is 5.32 Å². The molecular formula is C19H22FN5O3. The highest BCUT2D eigenvalue weighted by atomic mass is 19.1. The average molecular weight is 387 g/mol. The molecule has 0 radical (unpaired) electrons. The van der Waals surface area contributed by atoms with E-state index in [9.17, 15) is 14.0 Å². The molecule has 0 aliphatic carbocycles. The number of carbonyl (C=O) groups is 2. The highest BCUT2D eigenvalue weighted by molar-refractivity contribution is 5.94. The molecular weight excluding hydrogens is 365 g/mol. The van der Waals surface area contributed by atoms with Crippen LogP contribution in [-0.4, -0.2) is 51.4 Å². The minimum atomic E-state index is -0.318. The van der Waals surface area contributed by atoms with Gasteiger partial charge in [0.1, 0.15) is 11.5 Å². The lowest BCUT2D eigenvalue weighted by Crippen LogP contribution is -2.45. The fourth-order valence-corrected chi connectivity index (χ4v) is 3.66. The van der Waals surface area contributed by atoms with Gasteiger partial charge in [-0.15, -0.1) is 0 Å². The Hall–Kier alpha value is -2.94. The largest absolute Gasteiger partial charge is 0.322 e. The van der Waals surface area contributed by atoms with Crippen LogP contribution in [0.4, 0.5) is 14.9 Å². The maximum atomic E-state index is 13.5. The number of nitrogens with zero attached hydrogens (tertiary/aromatic N) is 4. The van der Waals surface area contributed by atoms with E-state index in [0.717, 1.165) is 11.3 Å². The number of anilines is 1. The van der Waals surface area contributed by atoms with Crippen LogP contribution in [0.2, 0.25) is 0 Å². The van der Waals surface area contributed by atoms with Gasteiger partial charge in [-0.1, -0.05) is 0 Å². The fourth-order valence-electron chi connectivity index (χ4n) is 3.66. The average Bonchev–Trinajstić information content (AvgIpc) is 2.93. The van der Waals surface area contributed by atoms with Crippen molar-refractivity contribution in [1.29, 1.82) is 0 Å². The normalized spacial score (nSPS) is 19.1. The van der Waals surface area contributed by atoms with Gasteiger partial charge in [0.2, 0.25) is 0 Å². The van der Waals surface area contributed by atoms with Crippen LogP contribution in [0.15, 0.2) is 18.2 Å². The first-order valence-corrected chi connectivity index (χ1v) is 9.18. The number of hydrogen-bond acceptors (Lipinski definition) is 4. The van der Waals surface area contributed by atoms with Crippen molar-refractivity contribution in [3.8, 4) is 0 Å². The lowest BCUT2D eigenvalue weighted by atomic mass is 9.99. The summed E-state index contributed by atoms with van der Waals surface area (Å²) in [6.45, 7) is 4.71. The summed E-state index contributed by atoms with van der Waals surface area (Å²) in [6.07, 6.45) is 0.559. The Labute approximate surface area is 161 Å². The number of aromatic nitrogens is 2. The van der Waals surface area contributed by atoms with E-state index in [4.69, 9.17) is 4.84 Å². The van der Waals surface area contributed by atoms with E-state index in [-0.39, 0.29) is 30.3 Å². The monoisotopic (exact) mass is 387 g/mol. The van der Waals surface area contributed by atoms with Crippen LogP contribution in [0.5, 0.6) is 0 Å². The van der Waals surface area contributed by atoms with Crippen molar-refractivity contribution in [2.75, 3.05) is 19.0 Å². The quantitative estimate of drug-likeness (QED) is 0.815. The Bertz CT molecular complexity index is 957. The summed E-state index contributed by atoms with van der Waals surface area (Å²) in [5.41, 5.74) is 3.05. The van der Waals surface area contributed by atoms with Gasteiger partial charge in [0.15, 0.2) is 0 Å². The first kappa shape index (κ1) is 18.4. The molecule has 1 aromatic carbocycles. The second-order valence-electron chi connectivity index (χ2n) is 7.21. The second-order valence-corrected chi connectivity index (χ2v) is 7.21. The molecule has 0 saturated carbocycles. The number of amides is 3. The number of fused-ring (bicyclic) bond motifs is 3. The lowest BCUT2D eigenvalue weighted by molar-refractivity contribution is -0.103. The Morgan fingerprint density at radius 3 is 2.93 bits per heavy atom. The van der Waals surface area contributed by atoms with Gasteiger partial charge in [0.05, 0.1) is 25.4 Å². The van der Waals surface area contributed by atoms with Gasteiger partial charge in [0.25, 0.3) is 5.91 Å². The number of rotatable bonds is 1. The lowest BCUT2D eigenvalue weighted by Gasteiger charge is -2.33. The van der Waals surface area contributed by atoms with Crippen molar-refractivity contribution in [1.82, 2.24) is 19.7 Å². The number of halogens is 1. The first-order valence-electron chi connectivity index (χ1n) is 9.18. The number of hydroxylamine groups is 2. The molecule has 4 rings (SSSR count). The summed E-state index contributed by atoms with van der Waals surface area (Å²) >= 11 is 0. The van der Waals surface area contributed by atoms with Crippen LogP contribution in [-0.2, 0) is 24.3 Å². The molecule has 0 spiro atoms. The maximum Gasteiger partial charge on any atom is 0.322 e. The zero-order valence-electron chi connectivity index (χ0n) is 16.0. The summed E-state index contributed by atoms with van der Waals surface area (Å²) in [5, 5.41) is 8.61. The fraction of sp³-hybridized carbons (Fsp3) is 0.421. The Balaban J connectivity index is 1.60. The molecule has 2 aliphatic rings. The number of aryl methyl sites for hydroxylation is 1. The van der Waals surface area contributed by atoms with Gasteiger partial charge >= 0.3 is 6.03 Å². The Morgan fingerprint density at radius 1 is 1.39 bits per heavy atom. The number of hydrogen-bond donors (Lipinski definition) is 1. The SMILES string of the molecule is Cc1cc(NC(=O)N2Cc3c(nn4c3C(=O)N(C)OCC4)C[C@H]2C)ccc1F. The van der Waals surface area contributed by atoms with Gasteiger partial charge < -0.3 is 10.2 Å². The molecule has 0 fully saturated rings. The maximum absolute atomic E-state index is 13.5. The van der Waals surface area contributed by atoms with Gasteiger partial charge in [-0.05, 0) is 37.6 Å². The van der Waals surface area contributed by atoms with Crippen molar-refractivity contribution in [2.24, 2.45) is 0 Å². The predicted octanol–water partition coefficient (Wildman–Crippen LogP) is 2.33. The van der Waals surface area contributed by atoms with Gasteiger partial charge in [0, 0.05) is 30.8 Å². The second kappa shape index (κ2) is 6.90. The van der Waals surface area contributed by atoms with E-state index in [1.165, 1.54) is 17.2 Å². The molecule has 1 aromatic heterocycles. The van der Waals surface area contributed by atoms with Crippen molar-refractivity contribution in [3.63, 3.8) is 0 Å². The summed E-state index contributed by atoms with van der Waals surface area (Å²) in [4.78, 5) is 32.5. The molecule has 2 aromatic rings. The van der Waals surface area contributed by atoms with Gasteiger partial charge in [-0.3, -0.25) is 14.3 Å². The smallest absolute Gasteiger partial charge is 0.317 e. The number of benzene rings is 1. The van der Waals surface area contributed by atoms with E-state index < -0.39 is 0 Å². The van der Waals surface area contributed by atoms with Crippen LogP contribution in [0.1, 0.15) is 34.2 Å². The molecule has 1 N–H and O–H groups in total. The third-order valence-corrected chi connectivity index (χ3v) is 5.23. The third-order valence-electron chi connectivity index (χ3n) is 5.23. The van der Waals surface area contributed by atoms with Crippen LogP contribution in [0, 0.1) is 12.7 Å². The minimum Gasteiger partial charge on any atom is -0.317 e. The molecule has 0 unspecified atom stereocenters. The van der Waals surface area contributed by atoms with Crippen LogP contribution in [0.25, 0.3) is 0 Å². The molecule has 8 nitrogen and oxygen atoms in total. The number of nitrogens with one attached hydrogen (secondary N) is 1. The summed E-state index contributed by atoms with van der Waals surface area (Å²) in [6, 6.07) is 4.07. The molecule has 3 amide bonds. The minimum absolute atomic E-state index is 0.0859. The van der Waals surface area contributed by atoms with Gasteiger partial charge in [-0.2, -0.15) is 5.10 Å². The molecule has 0 bridgehead atoms. The zero-order valence-corrected chi connectivity index (χ0v) is 16.0. The molecule has 1 atom stereocenters. The van der Waals surface area contributed by atoms with Crippen molar-refractivity contribution >= 4 is 17.6 Å². The zero-order chi connectivity index (χ0) is 20.0. The standard InChI is InChI=1S/C19H22FN5O3/c1-11-8-13(4-5-15(11)20)21-19(27)24-10-14-16(9-12(24)2)22-25-6-7-28-23(3)18(26)17(14)25/h4-5,8,12H,6-7,9-10H2,1-3H3,(H,21,27)/t12-/m1/s1. The van der Waals surface area contributed by atoms with Gasteiger partial charge in [-0.25, -0.2) is 14.2 Å². The van der Waals surface area contributed by atoms with Crippen LogP contribution >= 0.6 is 0 Å². The first-order chi connectivity index (χ1) is 13.3.